The third-order valence-electron chi connectivity index (χ3n) is 3.97. The number of carboxylic acids is 1. The van der Waals surface area contributed by atoms with Crippen LogP contribution in [0.1, 0.15) is 23.8 Å². The summed E-state index contributed by atoms with van der Waals surface area (Å²) < 4.78 is 14.5. The maximum absolute atomic E-state index is 13.6. The second kappa shape index (κ2) is 7.00. The number of thiazole rings is 1. The zero-order valence-corrected chi connectivity index (χ0v) is 15.1. The third-order valence-corrected chi connectivity index (χ3v) is 5.38. The molecule has 1 aromatic carbocycles. The normalized spacial score (nSPS) is 14.0. The van der Waals surface area contributed by atoms with Crippen molar-refractivity contribution < 1.29 is 29.0 Å². The number of nitrogens with zero attached hydrogens (tertiary/aromatic N) is 2. The van der Waals surface area contributed by atoms with E-state index < -0.39 is 35.5 Å². The van der Waals surface area contributed by atoms with E-state index in [0.29, 0.717) is 0 Å². The first-order valence-electron chi connectivity index (χ1n) is 7.59. The highest BCUT2D eigenvalue weighted by Crippen LogP contribution is 2.36. The molecule has 140 valence electrons. The van der Waals surface area contributed by atoms with Crippen molar-refractivity contribution in [3.63, 3.8) is 0 Å². The van der Waals surface area contributed by atoms with Gasteiger partial charge in [0.15, 0.2) is 3.95 Å². The monoisotopic (exact) mass is 409 g/mol. The fourth-order valence-corrected chi connectivity index (χ4v) is 4.20. The lowest BCUT2D eigenvalue weighted by Gasteiger charge is -2.14. The number of rotatable bonds is 6. The van der Waals surface area contributed by atoms with Gasteiger partial charge in [-0.05, 0) is 36.8 Å². The van der Waals surface area contributed by atoms with Gasteiger partial charge in [-0.1, -0.05) is 0 Å². The second-order valence-corrected chi connectivity index (χ2v) is 7.35. The lowest BCUT2D eigenvalue weighted by molar-refractivity contribution is -0.141. The first kappa shape index (κ1) is 18.9. The summed E-state index contributed by atoms with van der Waals surface area (Å²) in [5, 5.41) is 20.5. The molecule has 3 rings (SSSR count). The van der Waals surface area contributed by atoms with E-state index in [0.717, 1.165) is 28.0 Å². The maximum Gasteiger partial charge on any atom is 0.326 e. The predicted octanol–water partition coefficient (Wildman–Crippen LogP) is 0.374. The summed E-state index contributed by atoms with van der Waals surface area (Å²) >= 11 is 5.95. The first-order valence-corrected chi connectivity index (χ1v) is 8.82. The summed E-state index contributed by atoms with van der Waals surface area (Å²) in [7, 11) is 0. The van der Waals surface area contributed by atoms with E-state index in [9.17, 15) is 29.0 Å². The average Bonchev–Trinajstić information content (AvgIpc) is 3.04. The molecule has 0 radical (unpaired) electrons. The van der Waals surface area contributed by atoms with Crippen LogP contribution in [0, 0.1) is 9.77 Å². The minimum atomic E-state index is -1.35. The van der Waals surface area contributed by atoms with Gasteiger partial charge in [0.1, 0.15) is 16.7 Å². The van der Waals surface area contributed by atoms with E-state index in [2.05, 4.69) is 4.99 Å². The number of carbonyl (C=O) groups is 3. The summed E-state index contributed by atoms with van der Waals surface area (Å²) in [6, 6.07) is 2.23. The van der Waals surface area contributed by atoms with Crippen LogP contribution in [0.5, 0.6) is 5.88 Å². The molecular weight excluding hydrogens is 397 g/mol. The van der Waals surface area contributed by atoms with Crippen molar-refractivity contribution in [1.29, 1.82) is 0 Å². The molecule has 0 fully saturated rings. The van der Waals surface area contributed by atoms with Gasteiger partial charge in [-0.2, -0.15) is 0 Å². The summed E-state index contributed by atoms with van der Waals surface area (Å²) in [5.41, 5.74) is 5.00. The van der Waals surface area contributed by atoms with Crippen LogP contribution in [-0.2, 0) is 14.4 Å². The lowest BCUT2D eigenvalue weighted by Crippen LogP contribution is -2.24. The van der Waals surface area contributed by atoms with E-state index >= 15 is 0 Å². The van der Waals surface area contributed by atoms with Gasteiger partial charge in [0.25, 0.3) is 5.91 Å². The molecule has 4 N–H and O–H groups in total. The Balaban J connectivity index is 2.20. The van der Waals surface area contributed by atoms with Crippen molar-refractivity contribution >= 4 is 46.9 Å². The highest BCUT2D eigenvalue weighted by molar-refractivity contribution is 7.73. The molecule has 1 aliphatic rings. The van der Waals surface area contributed by atoms with Crippen LogP contribution in [0.25, 0.3) is 5.57 Å². The summed E-state index contributed by atoms with van der Waals surface area (Å²) in [4.78, 5) is 38.7. The number of carbonyl (C=O) groups excluding carboxylic acids is 2. The molecule has 1 atom stereocenters. The van der Waals surface area contributed by atoms with Crippen LogP contribution < -0.4 is 16.3 Å². The van der Waals surface area contributed by atoms with Gasteiger partial charge in [0.05, 0.1) is 10.9 Å². The zero-order chi connectivity index (χ0) is 19.9. The van der Waals surface area contributed by atoms with Crippen molar-refractivity contribution in [1.82, 2.24) is 4.57 Å². The van der Waals surface area contributed by atoms with Crippen LogP contribution in [0.15, 0.2) is 23.2 Å². The van der Waals surface area contributed by atoms with Gasteiger partial charge in [-0.25, -0.2) is 14.2 Å². The molecule has 27 heavy (non-hydrogen) atoms. The van der Waals surface area contributed by atoms with Gasteiger partial charge in [-0.15, -0.1) is 11.3 Å². The standard InChI is InChI=1S/C16H12FN3O5S2/c17-6-1-2-8-7(5-6)11(13(22)19-8)12-14(23)20(16(26)27-12)9(15(24)25)3-4-10(18)21/h1-2,5,9,23H,3-4H2,(H2,18,21)(H,24,25). The number of primary amides is 1. The quantitative estimate of drug-likeness (QED) is 0.590. The van der Waals surface area contributed by atoms with Crippen molar-refractivity contribution in [2.45, 2.75) is 18.9 Å². The molecule has 8 nitrogen and oxygen atoms in total. The van der Waals surface area contributed by atoms with Gasteiger partial charge in [0.2, 0.25) is 11.8 Å². The molecule has 1 aromatic heterocycles. The lowest BCUT2D eigenvalue weighted by atomic mass is 10.1. The highest BCUT2D eigenvalue weighted by atomic mass is 32.1. The largest absolute Gasteiger partial charge is 0.493 e. The molecule has 2 amide bonds. The number of carboxylic acid groups (broad SMARTS) is 1. The van der Waals surface area contributed by atoms with Gasteiger partial charge in [0, 0.05) is 11.6 Å². The molecule has 1 unspecified atom stereocenters. The molecule has 11 heteroatoms. The molecule has 1 aliphatic heterocycles. The first-order chi connectivity index (χ1) is 12.7. The molecule has 0 saturated carbocycles. The smallest absolute Gasteiger partial charge is 0.326 e. The SMILES string of the molecule is NC(=O)CCC(C(=O)O)n1c(O)c(C2=c3cc(F)ccc3=NC2=O)sc1=S. The number of halogens is 1. The number of nitrogens with two attached hydrogens (primary N) is 1. The summed E-state index contributed by atoms with van der Waals surface area (Å²) in [6.07, 6.45) is -0.427. The van der Waals surface area contributed by atoms with E-state index in [-0.39, 0.29) is 37.8 Å². The molecular formula is C16H12FN3O5S2. The Morgan fingerprint density at radius 1 is 1.41 bits per heavy atom. The Kier molecular flexibility index (Phi) is 4.89. The minimum absolute atomic E-state index is 0.0107. The Morgan fingerprint density at radius 2 is 2.11 bits per heavy atom. The molecule has 0 aliphatic carbocycles. The van der Waals surface area contributed by atoms with Crippen LogP contribution in [0.4, 0.5) is 4.39 Å². The minimum Gasteiger partial charge on any atom is -0.493 e. The van der Waals surface area contributed by atoms with Crippen LogP contribution >= 0.6 is 23.6 Å². The molecule has 2 heterocycles. The fourth-order valence-electron chi connectivity index (χ4n) is 2.76. The van der Waals surface area contributed by atoms with Crippen molar-refractivity contribution in [2.24, 2.45) is 10.7 Å². The van der Waals surface area contributed by atoms with Crippen molar-refractivity contribution in [3.05, 3.63) is 43.4 Å². The van der Waals surface area contributed by atoms with Gasteiger partial charge in [-0.3, -0.25) is 14.2 Å². The van der Waals surface area contributed by atoms with Crippen LogP contribution in [0.2, 0.25) is 0 Å². The number of hydrogen-bond acceptors (Lipinski definition) is 6. The maximum atomic E-state index is 13.6. The number of aromatic nitrogens is 1. The Labute approximate surface area is 159 Å². The van der Waals surface area contributed by atoms with Crippen molar-refractivity contribution in [2.75, 3.05) is 0 Å². The molecule has 2 aromatic rings. The summed E-state index contributed by atoms with van der Waals surface area (Å²) in [6.45, 7) is 0. The predicted molar refractivity (Wildman–Crippen MR) is 94.6 cm³/mol. The summed E-state index contributed by atoms with van der Waals surface area (Å²) in [5.74, 6) is -3.88. The number of aliphatic carboxylic acids is 1. The fraction of sp³-hybridized carbons (Fsp3) is 0.188. The Bertz CT molecular complexity index is 1170. The molecule has 0 bridgehead atoms. The van der Waals surface area contributed by atoms with E-state index in [1.165, 1.54) is 6.07 Å². The molecule has 0 spiro atoms. The highest BCUT2D eigenvalue weighted by Gasteiger charge is 2.30. The molecule has 0 saturated heterocycles. The van der Waals surface area contributed by atoms with E-state index in [4.69, 9.17) is 18.0 Å². The van der Waals surface area contributed by atoms with E-state index in [1.807, 2.05) is 0 Å². The second-order valence-electron chi connectivity index (χ2n) is 5.70. The number of hydrogen-bond donors (Lipinski definition) is 3. The van der Waals surface area contributed by atoms with E-state index in [1.54, 1.807) is 0 Å². The number of amides is 2. The zero-order valence-electron chi connectivity index (χ0n) is 13.5. The number of fused-ring (bicyclic) bond motifs is 1. The van der Waals surface area contributed by atoms with Gasteiger partial charge < -0.3 is 15.9 Å². The number of aromatic hydroxyl groups is 1. The van der Waals surface area contributed by atoms with Crippen LogP contribution in [0.3, 0.4) is 0 Å². The average molecular weight is 409 g/mol. The van der Waals surface area contributed by atoms with Crippen LogP contribution in [-0.4, -0.2) is 32.6 Å². The Morgan fingerprint density at radius 3 is 2.74 bits per heavy atom. The number of benzene rings is 1. The Hall–Kier alpha value is -2.92. The van der Waals surface area contributed by atoms with Gasteiger partial charge >= 0.3 is 5.97 Å². The third kappa shape index (κ3) is 3.38. The topological polar surface area (TPSA) is 135 Å². The van der Waals surface area contributed by atoms with Crippen molar-refractivity contribution in [3.8, 4) is 5.88 Å².